The van der Waals surface area contributed by atoms with Crippen molar-refractivity contribution in [2.75, 3.05) is 19.7 Å². The van der Waals surface area contributed by atoms with E-state index in [9.17, 15) is 9.59 Å². The predicted octanol–water partition coefficient (Wildman–Crippen LogP) is 1.72. The highest BCUT2D eigenvalue weighted by atomic mass is 79.9. The normalized spacial score (nSPS) is 16.8. The van der Waals surface area contributed by atoms with E-state index in [1.807, 2.05) is 13.8 Å². The smallest absolute Gasteiger partial charge is 0.330 e. The summed E-state index contributed by atoms with van der Waals surface area (Å²) in [4.78, 5) is 23.1. The van der Waals surface area contributed by atoms with Gasteiger partial charge < -0.3 is 14.8 Å². The molecule has 122 valence electrons. The first kappa shape index (κ1) is 18.9. The lowest BCUT2D eigenvalue weighted by atomic mass is 9.83. The molecule has 0 atom stereocenters. The van der Waals surface area contributed by atoms with Crippen LogP contribution in [0.1, 0.15) is 39.5 Å². The highest BCUT2D eigenvalue weighted by molar-refractivity contribution is 9.25. The Morgan fingerprint density at radius 3 is 2.48 bits per heavy atom. The van der Waals surface area contributed by atoms with Crippen molar-refractivity contribution in [1.82, 2.24) is 0 Å². The molecule has 2 N–H and O–H groups in total. The Bertz CT molecular complexity index is 355. The van der Waals surface area contributed by atoms with Crippen LogP contribution < -0.4 is 5.32 Å². The summed E-state index contributed by atoms with van der Waals surface area (Å²) in [7, 11) is 0. The average Bonchev–Trinajstić information content (AvgIpc) is 2.43. The number of rotatable bonds is 7. The number of hydrogen-bond donors (Lipinski definition) is 1. The van der Waals surface area contributed by atoms with Gasteiger partial charge in [-0.2, -0.15) is 0 Å². The van der Waals surface area contributed by atoms with Crippen molar-refractivity contribution in [2.45, 2.75) is 48.9 Å². The summed E-state index contributed by atoms with van der Waals surface area (Å²) >= 11 is 6.11. The van der Waals surface area contributed by atoms with Crippen LogP contribution in [0.15, 0.2) is 0 Å². The summed E-state index contributed by atoms with van der Waals surface area (Å²) in [6.45, 7) is 6.40. The maximum atomic E-state index is 11.9. The van der Waals surface area contributed by atoms with Gasteiger partial charge in [0.15, 0.2) is 3.74 Å². The third-order valence-corrected chi connectivity index (χ3v) is 4.49. The molecule has 7 heteroatoms. The molecule has 1 aliphatic heterocycles. The Balaban J connectivity index is 2.24. The fourth-order valence-electron chi connectivity index (χ4n) is 2.50. The lowest BCUT2D eigenvalue weighted by molar-refractivity contribution is -0.665. The van der Waals surface area contributed by atoms with Gasteiger partial charge in [0.25, 0.3) is 0 Å². The van der Waals surface area contributed by atoms with E-state index in [1.165, 1.54) is 0 Å². The second-order valence-corrected chi connectivity index (χ2v) is 8.85. The average molecular weight is 430 g/mol. The molecule has 0 aromatic carbocycles. The van der Waals surface area contributed by atoms with E-state index in [0.29, 0.717) is 12.3 Å². The number of ether oxygens (including phenoxy) is 2. The van der Waals surface area contributed by atoms with E-state index < -0.39 is 9.34 Å². The first-order valence-electron chi connectivity index (χ1n) is 7.31. The molecule has 1 saturated heterocycles. The van der Waals surface area contributed by atoms with Crippen molar-refractivity contribution in [3.63, 3.8) is 0 Å². The molecule has 0 spiro atoms. The van der Waals surface area contributed by atoms with Crippen LogP contribution in [0.4, 0.5) is 0 Å². The van der Waals surface area contributed by atoms with Gasteiger partial charge in [-0.25, -0.2) is 4.79 Å². The molecule has 0 radical (unpaired) electrons. The van der Waals surface area contributed by atoms with Crippen molar-refractivity contribution in [1.29, 1.82) is 0 Å². The van der Waals surface area contributed by atoms with E-state index >= 15 is 0 Å². The van der Waals surface area contributed by atoms with Gasteiger partial charge >= 0.3 is 11.9 Å². The zero-order chi connectivity index (χ0) is 15.9. The maximum Gasteiger partial charge on any atom is 0.330 e. The summed E-state index contributed by atoms with van der Waals surface area (Å²) in [5.74, 6) is -0.186. The van der Waals surface area contributed by atoms with Gasteiger partial charge in [0.1, 0.15) is 5.60 Å². The fourth-order valence-corrected chi connectivity index (χ4v) is 2.77. The second-order valence-electron chi connectivity index (χ2n) is 5.79. The molecule has 0 amide bonds. The molecule has 0 aromatic heterocycles. The molecule has 1 fully saturated rings. The molecule has 0 aromatic rings. The highest BCUT2D eigenvalue weighted by Crippen LogP contribution is 2.28. The first-order valence-corrected chi connectivity index (χ1v) is 9.14. The van der Waals surface area contributed by atoms with E-state index in [4.69, 9.17) is 9.47 Å². The summed E-state index contributed by atoms with van der Waals surface area (Å²) < 4.78 is 10.1. The number of halogens is 2. The summed E-state index contributed by atoms with van der Waals surface area (Å²) in [6, 6.07) is 0. The quantitative estimate of drug-likeness (QED) is 0.380. The molecule has 0 aliphatic carbocycles. The predicted molar refractivity (Wildman–Crippen MR) is 86.4 cm³/mol. The van der Waals surface area contributed by atoms with E-state index in [-0.39, 0.29) is 25.0 Å². The Morgan fingerprint density at radius 2 is 1.90 bits per heavy atom. The van der Waals surface area contributed by atoms with Gasteiger partial charge in [-0.1, -0.05) is 31.9 Å². The Morgan fingerprint density at radius 1 is 1.29 bits per heavy atom. The van der Waals surface area contributed by atoms with E-state index in [1.54, 1.807) is 0 Å². The minimum Gasteiger partial charge on any atom is -0.464 e. The van der Waals surface area contributed by atoms with Gasteiger partial charge in [0.2, 0.25) is 0 Å². The van der Waals surface area contributed by atoms with E-state index in [2.05, 4.69) is 37.2 Å². The highest BCUT2D eigenvalue weighted by Gasteiger charge is 2.35. The molecule has 1 aliphatic rings. The molecular formula is C14H24Br2NO4+. The van der Waals surface area contributed by atoms with Crippen LogP contribution in [0.25, 0.3) is 0 Å². The molecule has 1 rings (SSSR count). The van der Waals surface area contributed by atoms with Crippen LogP contribution >= 0.6 is 31.9 Å². The van der Waals surface area contributed by atoms with Crippen molar-refractivity contribution in [2.24, 2.45) is 5.92 Å². The van der Waals surface area contributed by atoms with E-state index in [0.717, 1.165) is 25.9 Å². The SMILES string of the molecule is CC(C)(OC(=O)CCCOC(=O)C(Br)Br)C1CC[NH2+]CC1. The number of piperidine rings is 1. The summed E-state index contributed by atoms with van der Waals surface area (Å²) in [5.41, 5.74) is -0.418. The zero-order valence-corrected chi connectivity index (χ0v) is 15.7. The molecule has 5 nitrogen and oxygen atoms in total. The second kappa shape index (κ2) is 9.10. The lowest BCUT2D eigenvalue weighted by Crippen LogP contribution is -2.86. The van der Waals surface area contributed by atoms with Crippen LogP contribution in [0.5, 0.6) is 0 Å². The van der Waals surface area contributed by atoms with Crippen LogP contribution in [0, 0.1) is 5.92 Å². The van der Waals surface area contributed by atoms with Gasteiger partial charge in [0, 0.05) is 25.2 Å². The molecular weight excluding hydrogens is 406 g/mol. The fraction of sp³-hybridized carbons (Fsp3) is 0.857. The van der Waals surface area contributed by atoms with Crippen molar-refractivity contribution in [3.8, 4) is 0 Å². The number of quaternary nitrogens is 1. The molecule has 0 unspecified atom stereocenters. The third-order valence-electron chi connectivity index (χ3n) is 3.75. The Kier molecular flexibility index (Phi) is 8.19. The number of hydrogen-bond acceptors (Lipinski definition) is 4. The van der Waals surface area contributed by atoms with Crippen LogP contribution in [-0.4, -0.2) is 41.0 Å². The minimum absolute atomic E-state index is 0.222. The number of carbonyl (C=O) groups is 2. The van der Waals surface area contributed by atoms with Crippen molar-refractivity contribution in [3.05, 3.63) is 0 Å². The minimum atomic E-state index is -0.501. The van der Waals surface area contributed by atoms with Crippen LogP contribution in [0.3, 0.4) is 0 Å². The zero-order valence-electron chi connectivity index (χ0n) is 12.6. The Labute approximate surface area is 142 Å². The maximum absolute atomic E-state index is 11.9. The monoisotopic (exact) mass is 428 g/mol. The topological polar surface area (TPSA) is 69.2 Å². The van der Waals surface area contributed by atoms with Gasteiger partial charge in [0.05, 0.1) is 19.7 Å². The standard InChI is InChI=1S/C14H23Br2NO4/c1-14(2,10-5-7-17-8-6-10)21-11(18)4-3-9-20-13(19)12(15)16/h10,12,17H,3-9H2,1-2H3/p+1. The number of esters is 2. The molecule has 0 saturated carbocycles. The lowest BCUT2D eigenvalue weighted by Gasteiger charge is -2.35. The first-order chi connectivity index (χ1) is 9.83. The van der Waals surface area contributed by atoms with Gasteiger partial charge in [-0.05, 0) is 20.3 Å². The van der Waals surface area contributed by atoms with Crippen LogP contribution in [0.2, 0.25) is 0 Å². The van der Waals surface area contributed by atoms with Crippen molar-refractivity contribution < 1.29 is 24.4 Å². The Hall–Kier alpha value is -0.140. The summed E-state index contributed by atoms with van der Waals surface area (Å²) in [5, 5.41) is 2.30. The number of nitrogens with two attached hydrogens (primary N) is 1. The van der Waals surface area contributed by atoms with Gasteiger partial charge in [-0.3, -0.25) is 4.79 Å². The van der Waals surface area contributed by atoms with Crippen LogP contribution in [-0.2, 0) is 19.1 Å². The largest absolute Gasteiger partial charge is 0.464 e. The molecule has 1 heterocycles. The molecule has 0 bridgehead atoms. The molecule has 21 heavy (non-hydrogen) atoms. The summed E-state index contributed by atoms with van der Waals surface area (Å²) in [6.07, 6.45) is 2.90. The van der Waals surface area contributed by atoms with Gasteiger partial charge in [-0.15, -0.1) is 0 Å². The van der Waals surface area contributed by atoms with Crippen molar-refractivity contribution >= 4 is 43.8 Å². The number of carbonyl (C=O) groups excluding carboxylic acids is 2. The number of alkyl halides is 2. The third kappa shape index (κ3) is 7.10.